The van der Waals surface area contributed by atoms with Gasteiger partial charge in [0.1, 0.15) is 5.75 Å². The van der Waals surface area contributed by atoms with Crippen LogP contribution in [-0.4, -0.2) is 12.1 Å². The molecule has 0 spiro atoms. The van der Waals surface area contributed by atoms with Crippen molar-refractivity contribution in [3.63, 3.8) is 0 Å². The number of hydrogen-bond acceptors (Lipinski definition) is 1. The Labute approximate surface area is 56.0 Å². The third-order valence-corrected chi connectivity index (χ3v) is 1.31. The summed E-state index contributed by atoms with van der Waals surface area (Å²) in [6, 6.07) is 1.86. The van der Waals surface area contributed by atoms with Crippen LogP contribution in [0.25, 0.3) is 0 Å². The molecule has 0 bridgehead atoms. The summed E-state index contributed by atoms with van der Waals surface area (Å²) in [4.78, 5) is 2.91. The molecule has 0 radical (unpaired) electrons. The Balaban J connectivity index is 2.84. The van der Waals surface area contributed by atoms with Gasteiger partial charge in [0.25, 0.3) is 0 Å². The number of rotatable bonds is 1. The van der Waals surface area contributed by atoms with Crippen LogP contribution in [0.15, 0.2) is 16.9 Å². The highest BCUT2D eigenvalue weighted by atomic mass is 79.9. The Morgan fingerprint density at radius 2 is 2.50 bits per heavy atom. The van der Waals surface area contributed by atoms with Crippen molar-refractivity contribution < 1.29 is 4.74 Å². The van der Waals surface area contributed by atoms with Crippen molar-refractivity contribution in [2.45, 2.75) is 0 Å². The first-order valence-corrected chi connectivity index (χ1v) is 3.00. The number of halogens is 1. The molecule has 0 saturated carbocycles. The maximum absolute atomic E-state index is 4.87. The molecule has 1 rings (SSSR count). The van der Waals surface area contributed by atoms with Gasteiger partial charge in [0.05, 0.1) is 11.7 Å². The van der Waals surface area contributed by atoms with Crippen molar-refractivity contribution in [3.8, 4) is 5.75 Å². The first-order valence-electron chi connectivity index (χ1n) is 2.21. The van der Waals surface area contributed by atoms with E-state index in [-0.39, 0.29) is 0 Å². The molecule has 1 N–H and O–H groups in total. The molecule has 0 saturated heterocycles. The summed E-state index contributed by atoms with van der Waals surface area (Å²) < 4.78 is 5.81. The molecule has 1 aromatic heterocycles. The van der Waals surface area contributed by atoms with E-state index in [2.05, 4.69) is 20.9 Å². The molecule has 0 unspecified atom stereocenters. The largest absolute Gasteiger partial charge is 0.495 e. The Morgan fingerprint density at radius 3 is 2.75 bits per heavy atom. The van der Waals surface area contributed by atoms with Gasteiger partial charge in [-0.1, -0.05) is 0 Å². The molecule has 3 heteroatoms. The molecule has 0 fully saturated rings. The highest BCUT2D eigenvalue weighted by molar-refractivity contribution is 9.10. The molecule has 0 aliphatic heterocycles. The fraction of sp³-hybridized carbons (Fsp3) is 0.200. The molecule has 0 amide bonds. The van der Waals surface area contributed by atoms with Crippen molar-refractivity contribution in [2.75, 3.05) is 7.11 Å². The fourth-order valence-electron chi connectivity index (χ4n) is 0.466. The molecule has 0 aliphatic carbocycles. The summed E-state index contributed by atoms with van der Waals surface area (Å²) >= 11 is 3.24. The molecule has 0 atom stereocenters. The van der Waals surface area contributed by atoms with Gasteiger partial charge in [-0.2, -0.15) is 0 Å². The maximum atomic E-state index is 4.87. The van der Waals surface area contributed by atoms with Crippen molar-refractivity contribution in [1.29, 1.82) is 0 Å². The van der Waals surface area contributed by atoms with Gasteiger partial charge in [-0.15, -0.1) is 0 Å². The summed E-state index contributed by atoms with van der Waals surface area (Å²) in [5.74, 6) is 0.844. The van der Waals surface area contributed by atoms with E-state index in [0.29, 0.717) is 0 Å². The summed E-state index contributed by atoms with van der Waals surface area (Å²) in [5.41, 5.74) is 0. The Kier molecular flexibility index (Phi) is 1.58. The van der Waals surface area contributed by atoms with Crippen LogP contribution >= 0.6 is 15.9 Å². The van der Waals surface area contributed by atoms with Crippen molar-refractivity contribution in [3.05, 3.63) is 16.9 Å². The number of hydrogen-bond donors (Lipinski definition) is 1. The van der Waals surface area contributed by atoms with Crippen LogP contribution in [0.4, 0.5) is 0 Å². The van der Waals surface area contributed by atoms with Gasteiger partial charge >= 0.3 is 0 Å². The van der Waals surface area contributed by atoms with Crippen molar-refractivity contribution in [1.82, 2.24) is 4.98 Å². The summed E-state index contributed by atoms with van der Waals surface area (Å²) in [6.45, 7) is 0. The lowest BCUT2D eigenvalue weighted by Gasteiger charge is -1.86. The second kappa shape index (κ2) is 2.22. The second-order valence-electron chi connectivity index (χ2n) is 1.39. The van der Waals surface area contributed by atoms with Crippen LogP contribution in [0.2, 0.25) is 0 Å². The minimum atomic E-state index is 0.844. The van der Waals surface area contributed by atoms with Crippen LogP contribution in [0.3, 0.4) is 0 Å². The van der Waals surface area contributed by atoms with E-state index in [0.717, 1.165) is 10.4 Å². The lowest BCUT2D eigenvalue weighted by atomic mass is 10.6. The van der Waals surface area contributed by atoms with Gasteiger partial charge in [0.15, 0.2) is 0 Å². The van der Waals surface area contributed by atoms with Crippen LogP contribution in [0.1, 0.15) is 0 Å². The number of methoxy groups -OCH3 is 1. The predicted octanol–water partition coefficient (Wildman–Crippen LogP) is 1.79. The molecule has 44 valence electrons. The summed E-state index contributed by atoms with van der Waals surface area (Å²) in [6.07, 6.45) is 1.78. The monoisotopic (exact) mass is 175 g/mol. The SMILES string of the molecule is COc1c[nH]c(Br)c1. The minimum absolute atomic E-state index is 0.844. The van der Waals surface area contributed by atoms with Crippen molar-refractivity contribution in [2.24, 2.45) is 0 Å². The van der Waals surface area contributed by atoms with Gasteiger partial charge in [-0.25, -0.2) is 0 Å². The van der Waals surface area contributed by atoms with Crippen LogP contribution < -0.4 is 4.74 Å². The Bertz CT molecular complexity index is 173. The third-order valence-electron chi connectivity index (χ3n) is 0.857. The van der Waals surface area contributed by atoms with E-state index in [1.165, 1.54) is 0 Å². The lowest BCUT2D eigenvalue weighted by molar-refractivity contribution is 0.415. The third kappa shape index (κ3) is 1.04. The van der Waals surface area contributed by atoms with Gasteiger partial charge < -0.3 is 9.72 Å². The molecule has 0 aromatic carbocycles. The first-order chi connectivity index (χ1) is 3.83. The van der Waals surface area contributed by atoms with Crippen LogP contribution in [0.5, 0.6) is 5.75 Å². The van der Waals surface area contributed by atoms with Gasteiger partial charge in [-0.05, 0) is 15.9 Å². The zero-order valence-corrected chi connectivity index (χ0v) is 6.03. The van der Waals surface area contributed by atoms with E-state index >= 15 is 0 Å². The topological polar surface area (TPSA) is 25.0 Å². The molecule has 1 aromatic rings. The molecule has 8 heavy (non-hydrogen) atoms. The van der Waals surface area contributed by atoms with Gasteiger partial charge in [0, 0.05) is 12.3 Å². The Morgan fingerprint density at radius 1 is 1.75 bits per heavy atom. The molecular formula is C5H6BrNO. The molecule has 1 heterocycles. The number of ether oxygens (including phenoxy) is 1. The molecule has 0 aliphatic rings. The number of aromatic amines is 1. The lowest BCUT2D eigenvalue weighted by Crippen LogP contribution is -1.75. The highest BCUT2D eigenvalue weighted by Gasteiger charge is 1.90. The van der Waals surface area contributed by atoms with E-state index in [1.807, 2.05) is 6.07 Å². The van der Waals surface area contributed by atoms with Gasteiger partial charge in [-0.3, -0.25) is 0 Å². The van der Waals surface area contributed by atoms with Crippen LogP contribution in [0, 0.1) is 0 Å². The summed E-state index contributed by atoms with van der Waals surface area (Å²) in [7, 11) is 1.63. The average molecular weight is 176 g/mol. The van der Waals surface area contributed by atoms with Crippen LogP contribution in [-0.2, 0) is 0 Å². The number of H-pyrrole nitrogens is 1. The van der Waals surface area contributed by atoms with E-state index in [4.69, 9.17) is 4.74 Å². The zero-order valence-electron chi connectivity index (χ0n) is 4.44. The smallest absolute Gasteiger partial charge is 0.137 e. The van der Waals surface area contributed by atoms with E-state index in [1.54, 1.807) is 13.3 Å². The standard InChI is InChI=1S/C5H6BrNO/c1-8-4-2-5(6)7-3-4/h2-3,7H,1H3. The predicted molar refractivity (Wildman–Crippen MR) is 35.0 cm³/mol. The van der Waals surface area contributed by atoms with E-state index in [9.17, 15) is 0 Å². The number of nitrogens with one attached hydrogen (secondary N) is 1. The van der Waals surface area contributed by atoms with Crippen molar-refractivity contribution >= 4 is 15.9 Å². The highest BCUT2D eigenvalue weighted by Crippen LogP contribution is 2.15. The normalized spacial score (nSPS) is 9.25. The fourth-order valence-corrected chi connectivity index (χ4v) is 0.806. The average Bonchev–Trinajstić information content (AvgIpc) is 2.14. The molecule has 2 nitrogen and oxygen atoms in total. The zero-order chi connectivity index (χ0) is 5.98. The Hall–Kier alpha value is -0.440. The summed E-state index contributed by atoms with van der Waals surface area (Å²) in [5, 5.41) is 0. The van der Waals surface area contributed by atoms with E-state index < -0.39 is 0 Å². The van der Waals surface area contributed by atoms with Gasteiger partial charge in [0.2, 0.25) is 0 Å². The quantitative estimate of drug-likeness (QED) is 0.693. The molecular weight excluding hydrogens is 170 g/mol. The maximum Gasteiger partial charge on any atom is 0.137 e. The number of aromatic nitrogens is 1. The second-order valence-corrected chi connectivity index (χ2v) is 2.24. The first kappa shape index (κ1) is 5.69. The minimum Gasteiger partial charge on any atom is -0.495 e.